The maximum absolute atomic E-state index is 12.9. The van der Waals surface area contributed by atoms with Gasteiger partial charge in [0.2, 0.25) is 5.91 Å². The number of H-pyrrole nitrogens is 1. The van der Waals surface area contributed by atoms with Gasteiger partial charge in [-0.2, -0.15) is 0 Å². The fourth-order valence-corrected chi connectivity index (χ4v) is 4.21. The van der Waals surface area contributed by atoms with Crippen molar-refractivity contribution in [1.29, 1.82) is 0 Å². The second-order valence-electron chi connectivity index (χ2n) is 7.77. The van der Waals surface area contributed by atoms with Gasteiger partial charge in [-0.25, -0.2) is 0 Å². The summed E-state index contributed by atoms with van der Waals surface area (Å²) < 4.78 is 0. The first-order valence-corrected chi connectivity index (χ1v) is 10.7. The molecule has 6 heteroatoms. The normalized spacial score (nSPS) is 11.9. The Balaban J connectivity index is 1.71. The average Bonchev–Trinajstić information content (AvgIpc) is 3.26. The van der Waals surface area contributed by atoms with E-state index in [1.807, 2.05) is 48.7 Å². The van der Waals surface area contributed by atoms with Gasteiger partial charge >= 0.3 is 0 Å². The minimum atomic E-state index is -0.451. The molecule has 4 aromatic rings. The first-order chi connectivity index (χ1) is 15.6. The van der Waals surface area contributed by atoms with Crippen molar-refractivity contribution >= 4 is 22.5 Å². The summed E-state index contributed by atoms with van der Waals surface area (Å²) in [5, 5.41) is 15.7. The van der Waals surface area contributed by atoms with Gasteiger partial charge in [-0.15, -0.1) is 0 Å². The van der Waals surface area contributed by atoms with Crippen molar-refractivity contribution in [2.45, 2.75) is 32.2 Å². The van der Waals surface area contributed by atoms with Gasteiger partial charge < -0.3 is 10.3 Å². The Kier molecular flexibility index (Phi) is 6.31. The molecular weight excluding hydrogens is 402 g/mol. The zero-order valence-corrected chi connectivity index (χ0v) is 17.9. The lowest BCUT2D eigenvalue weighted by Gasteiger charge is -2.17. The Morgan fingerprint density at radius 3 is 2.50 bits per heavy atom. The molecule has 0 spiro atoms. The predicted octanol–water partition coefficient (Wildman–Crippen LogP) is 5.48. The number of aromatic amines is 1. The van der Waals surface area contributed by atoms with Crippen LogP contribution in [0.3, 0.4) is 0 Å². The highest BCUT2D eigenvalue weighted by Gasteiger charge is 2.27. The van der Waals surface area contributed by atoms with Crippen LogP contribution in [0.4, 0.5) is 5.69 Å². The van der Waals surface area contributed by atoms with E-state index < -0.39 is 5.92 Å². The molecular formula is C26H25N3O3. The highest BCUT2D eigenvalue weighted by Crippen LogP contribution is 2.38. The highest BCUT2D eigenvalue weighted by atomic mass is 16.6. The van der Waals surface area contributed by atoms with Crippen molar-refractivity contribution in [2.24, 2.45) is 0 Å². The molecule has 1 aromatic heterocycles. The molecule has 1 unspecified atom stereocenters. The number of carbonyl (C=O) groups is 1. The van der Waals surface area contributed by atoms with Crippen molar-refractivity contribution in [3.63, 3.8) is 0 Å². The van der Waals surface area contributed by atoms with Crippen LogP contribution >= 0.6 is 0 Å². The summed E-state index contributed by atoms with van der Waals surface area (Å²) in [7, 11) is 0. The number of hydrogen-bond donors (Lipinski definition) is 2. The van der Waals surface area contributed by atoms with Crippen molar-refractivity contribution in [2.75, 3.05) is 0 Å². The number of benzene rings is 3. The number of amides is 1. The van der Waals surface area contributed by atoms with Crippen molar-refractivity contribution < 1.29 is 9.72 Å². The molecule has 0 radical (unpaired) electrons. The van der Waals surface area contributed by atoms with Crippen LogP contribution in [-0.4, -0.2) is 15.8 Å². The molecule has 2 N–H and O–H groups in total. The van der Waals surface area contributed by atoms with Crippen LogP contribution in [0.15, 0.2) is 79.0 Å². The Morgan fingerprint density at radius 1 is 1.00 bits per heavy atom. The van der Waals surface area contributed by atoms with E-state index in [1.54, 1.807) is 18.2 Å². The van der Waals surface area contributed by atoms with E-state index in [9.17, 15) is 14.9 Å². The van der Waals surface area contributed by atoms with Gasteiger partial charge in [-0.05, 0) is 23.1 Å². The highest BCUT2D eigenvalue weighted by molar-refractivity contribution is 5.88. The fraction of sp³-hybridized carbons (Fsp3) is 0.192. The number of aromatic nitrogens is 1. The van der Waals surface area contributed by atoms with Gasteiger partial charge in [0, 0.05) is 47.6 Å². The number of carbonyl (C=O) groups excluding carboxylic acids is 1. The molecule has 0 aliphatic rings. The molecule has 3 aromatic carbocycles. The molecule has 0 fully saturated rings. The third-order valence-electron chi connectivity index (χ3n) is 5.82. The van der Waals surface area contributed by atoms with Crippen LogP contribution in [0.25, 0.3) is 10.9 Å². The largest absolute Gasteiger partial charge is 0.361 e. The molecule has 0 saturated carbocycles. The number of fused-ring (bicyclic) bond motifs is 1. The maximum atomic E-state index is 12.9. The van der Waals surface area contributed by atoms with Crippen LogP contribution in [0, 0.1) is 10.1 Å². The lowest BCUT2D eigenvalue weighted by molar-refractivity contribution is -0.385. The van der Waals surface area contributed by atoms with E-state index in [4.69, 9.17) is 0 Å². The first kappa shape index (κ1) is 21.3. The van der Waals surface area contributed by atoms with Crippen molar-refractivity contribution in [3.05, 3.63) is 111 Å². The number of aryl methyl sites for hydroxylation is 1. The van der Waals surface area contributed by atoms with Crippen LogP contribution in [-0.2, 0) is 17.8 Å². The van der Waals surface area contributed by atoms with Gasteiger partial charge in [0.15, 0.2) is 0 Å². The van der Waals surface area contributed by atoms with Crippen molar-refractivity contribution in [3.8, 4) is 0 Å². The lowest BCUT2D eigenvalue weighted by Crippen LogP contribution is -2.25. The standard InChI is InChI=1S/C26H25N3O3/c1-2-19-11-8-13-21-23(17-28-26(19)21)22(20-12-6-7-14-24(20)29(31)32)15-25(30)27-16-18-9-4-3-5-10-18/h3-14,17,22,28H,2,15-16H2,1H3,(H,27,30). The van der Waals surface area contributed by atoms with E-state index >= 15 is 0 Å². The SMILES string of the molecule is CCc1cccc2c(C(CC(=O)NCc3ccccc3)c3ccccc3[N+](=O)[O-])c[nH]c12. The molecule has 0 aliphatic heterocycles. The molecule has 162 valence electrons. The molecule has 4 rings (SSSR count). The quantitative estimate of drug-likeness (QED) is 0.288. The number of nitro benzene ring substituents is 1. The molecule has 1 heterocycles. The summed E-state index contributed by atoms with van der Waals surface area (Å²) in [5.74, 6) is -0.605. The lowest BCUT2D eigenvalue weighted by atomic mass is 9.86. The van der Waals surface area contributed by atoms with Crippen LogP contribution < -0.4 is 5.32 Å². The molecule has 0 bridgehead atoms. The van der Waals surface area contributed by atoms with E-state index in [2.05, 4.69) is 23.3 Å². The summed E-state index contributed by atoms with van der Waals surface area (Å²) in [6.07, 6.45) is 2.86. The Bertz CT molecular complexity index is 1250. The zero-order chi connectivity index (χ0) is 22.5. The zero-order valence-electron chi connectivity index (χ0n) is 17.9. The molecule has 32 heavy (non-hydrogen) atoms. The van der Waals surface area contributed by atoms with E-state index in [1.165, 1.54) is 11.6 Å². The first-order valence-electron chi connectivity index (χ1n) is 10.7. The number of nitro groups is 1. The fourth-order valence-electron chi connectivity index (χ4n) is 4.21. The molecule has 0 aliphatic carbocycles. The van der Waals surface area contributed by atoms with Crippen LogP contribution in [0.5, 0.6) is 0 Å². The number of nitrogens with zero attached hydrogens (tertiary/aromatic N) is 1. The number of rotatable bonds is 8. The Hall–Kier alpha value is -3.93. The predicted molar refractivity (Wildman–Crippen MR) is 126 cm³/mol. The topological polar surface area (TPSA) is 88.0 Å². The average molecular weight is 428 g/mol. The summed E-state index contributed by atoms with van der Waals surface area (Å²) in [6.45, 7) is 2.50. The van der Waals surface area contributed by atoms with Gasteiger partial charge in [0.25, 0.3) is 5.69 Å². The second kappa shape index (κ2) is 9.47. The van der Waals surface area contributed by atoms with Gasteiger partial charge in [-0.3, -0.25) is 14.9 Å². The summed E-state index contributed by atoms with van der Waals surface area (Å²) >= 11 is 0. The third-order valence-corrected chi connectivity index (χ3v) is 5.82. The number of nitrogens with one attached hydrogen (secondary N) is 2. The number of hydrogen-bond acceptors (Lipinski definition) is 3. The van der Waals surface area contributed by atoms with Crippen LogP contribution in [0.1, 0.15) is 41.5 Å². The summed E-state index contributed by atoms with van der Waals surface area (Å²) in [6, 6.07) is 22.4. The third kappa shape index (κ3) is 4.39. The van der Waals surface area contributed by atoms with Crippen molar-refractivity contribution in [1.82, 2.24) is 10.3 Å². The summed E-state index contributed by atoms with van der Waals surface area (Å²) in [5.41, 5.74) is 4.63. The maximum Gasteiger partial charge on any atom is 0.273 e. The Labute approximate surface area is 186 Å². The van der Waals surface area contributed by atoms with Gasteiger partial charge in [0.1, 0.15) is 0 Å². The Morgan fingerprint density at radius 2 is 1.75 bits per heavy atom. The minimum absolute atomic E-state index is 0.0226. The second-order valence-corrected chi connectivity index (χ2v) is 7.77. The molecule has 6 nitrogen and oxygen atoms in total. The van der Waals surface area contributed by atoms with E-state index in [0.29, 0.717) is 12.1 Å². The smallest absolute Gasteiger partial charge is 0.273 e. The van der Waals surface area contributed by atoms with Gasteiger partial charge in [0.05, 0.1) is 4.92 Å². The minimum Gasteiger partial charge on any atom is -0.361 e. The molecule has 0 saturated heterocycles. The molecule has 1 amide bonds. The monoisotopic (exact) mass is 427 g/mol. The number of para-hydroxylation sites is 2. The summed E-state index contributed by atoms with van der Waals surface area (Å²) in [4.78, 5) is 27.7. The van der Waals surface area contributed by atoms with Crippen LogP contribution in [0.2, 0.25) is 0 Å². The van der Waals surface area contributed by atoms with E-state index in [-0.39, 0.29) is 22.9 Å². The molecule has 1 atom stereocenters. The van der Waals surface area contributed by atoms with E-state index in [0.717, 1.165) is 28.5 Å². The van der Waals surface area contributed by atoms with Gasteiger partial charge in [-0.1, -0.05) is 73.7 Å².